The smallest absolute Gasteiger partial charge is 0.319 e. The molecule has 0 unspecified atom stereocenters. The lowest BCUT2D eigenvalue weighted by atomic mass is 9.74. The number of nitrogens with one attached hydrogen (secondary N) is 1. The van der Waals surface area contributed by atoms with Gasteiger partial charge in [0, 0.05) is 54.6 Å². The SMILES string of the molecule is C#Cc1c(F)ccc2cc(O)cc(-c3nc(C#C)c4c(N5C[C@H]6CC[C@@H](C5)N6)nc(OC[C@]5(CC)CN(C)CC/C5=C\F)nc4c3F)c12. The highest BCUT2D eigenvalue weighted by Crippen LogP contribution is 2.42. The fraction of sp³-hybridized carbons (Fsp3) is 0.378. The summed E-state index contributed by atoms with van der Waals surface area (Å²) in [6, 6.07) is 5.70. The first kappa shape index (κ1) is 31.7. The molecule has 3 fully saturated rings. The van der Waals surface area contributed by atoms with Crippen LogP contribution in [0.4, 0.5) is 19.0 Å². The summed E-state index contributed by atoms with van der Waals surface area (Å²) in [5.74, 6) is 3.61. The quantitative estimate of drug-likeness (QED) is 0.257. The van der Waals surface area contributed by atoms with Crippen molar-refractivity contribution in [1.82, 2.24) is 25.2 Å². The van der Waals surface area contributed by atoms with Crippen LogP contribution in [0.1, 0.15) is 43.9 Å². The van der Waals surface area contributed by atoms with Gasteiger partial charge in [-0.05, 0) is 67.8 Å². The predicted octanol–water partition coefficient (Wildman–Crippen LogP) is 5.70. The van der Waals surface area contributed by atoms with E-state index in [1.807, 2.05) is 14.0 Å². The molecule has 0 aliphatic carbocycles. The van der Waals surface area contributed by atoms with E-state index in [0.717, 1.165) is 19.4 Å². The van der Waals surface area contributed by atoms with Crippen LogP contribution in [0.15, 0.2) is 36.2 Å². The summed E-state index contributed by atoms with van der Waals surface area (Å²) in [6.07, 6.45) is 15.6. The van der Waals surface area contributed by atoms with E-state index < -0.39 is 17.0 Å². The minimum Gasteiger partial charge on any atom is -0.508 e. The molecule has 2 aromatic heterocycles. The van der Waals surface area contributed by atoms with Gasteiger partial charge in [0.1, 0.15) is 40.9 Å². The number of fused-ring (bicyclic) bond motifs is 4. The number of aromatic nitrogens is 3. The average molecular weight is 653 g/mol. The number of hydrogen-bond donors (Lipinski definition) is 2. The number of rotatable bonds is 6. The van der Waals surface area contributed by atoms with Crippen molar-refractivity contribution in [2.75, 3.05) is 44.7 Å². The number of terminal acetylenes is 2. The molecular weight excluding hydrogens is 617 g/mol. The Hall–Kier alpha value is -4.84. The first-order chi connectivity index (χ1) is 23.2. The van der Waals surface area contributed by atoms with Gasteiger partial charge in [-0.15, -0.1) is 12.8 Å². The summed E-state index contributed by atoms with van der Waals surface area (Å²) in [7, 11) is 1.98. The van der Waals surface area contributed by atoms with Crippen LogP contribution in [0.2, 0.25) is 0 Å². The molecule has 0 spiro atoms. The third-order valence-corrected chi connectivity index (χ3v) is 10.2. The summed E-state index contributed by atoms with van der Waals surface area (Å²) >= 11 is 0. The summed E-state index contributed by atoms with van der Waals surface area (Å²) in [6.45, 7) is 4.57. The number of piperidine rings is 1. The number of halogens is 3. The molecule has 0 radical (unpaired) electrons. The molecule has 3 aliphatic heterocycles. The third kappa shape index (κ3) is 5.28. The lowest BCUT2D eigenvalue weighted by Gasteiger charge is -2.42. The first-order valence-electron chi connectivity index (χ1n) is 16.1. The van der Waals surface area contributed by atoms with Gasteiger partial charge in [0.25, 0.3) is 0 Å². The van der Waals surface area contributed by atoms with E-state index in [1.54, 1.807) is 0 Å². The average Bonchev–Trinajstić information content (AvgIpc) is 3.43. The van der Waals surface area contributed by atoms with Gasteiger partial charge in [-0.1, -0.05) is 18.9 Å². The zero-order chi connectivity index (χ0) is 33.7. The monoisotopic (exact) mass is 652 g/mol. The van der Waals surface area contributed by atoms with E-state index in [0.29, 0.717) is 55.6 Å². The number of likely N-dealkylation sites (tertiary alicyclic amines) is 1. The molecule has 5 heterocycles. The van der Waals surface area contributed by atoms with Gasteiger partial charge < -0.3 is 25.0 Å². The lowest BCUT2D eigenvalue weighted by molar-refractivity contribution is 0.0913. The Kier molecular flexibility index (Phi) is 8.14. The fourth-order valence-electron chi connectivity index (χ4n) is 7.66. The van der Waals surface area contributed by atoms with Crippen LogP contribution in [-0.2, 0) is 0 Å². The molecule has 7 rings (SSSR count). The van der Waals surface area contributed by atoms with Crippen molar-refractivity contribution in [2.45, 2.75) is 44.7 Å². The maximum atomic E-state index is 17.1. The Bertz CT molecular complexity index is 2060. The Morgan fingerprint density at radius 2 is 1.88 bits per heavy atom. The molecule has 48 heavy (non-hydrogen) atoms. The molecule has 2 N–H and O–H groups in total. The highest BCUT2D eigenvalue weighted by atomic mass is 19.1. The number of benzene rings is 2. The van der Waals surface area contributed by atoms with Gasteiger partial charge in [-0.2, -0.15) is 9.97 Å². The normalized spacial score (nSPS) is 23.5. The van der Waals surface area contributed by atoms with Crippen LogP contribution >= 0.6 is 0 Å². The van der Waals surface area contributed by atoms with E-state index in [1.165, 1.54) is 24.3 Å². The molecule has 3 saturated heterocycles. The molecule has 3 aliphatic rings. The largest absolute Gasteiger partial charge is 0.508 e. The van der Waals surface area contributed by atoms with Crippen LogP contribution < -0.4 is 15.0 Å². The topological polar surface area (TPSA) is 86.6 Å². The molecule has 2 bridgehead atoms. The van der Waals surface area contributed by atoms with Crippen LogP contribution in [0, 0.1) is 41.7 Å². The number of aromatic hydroxyl groups is 1. The van der Waals surface area contributed by atoms with Crippen molar-refractivity contribution in [1.29, 1.82) is 0 Å². The van der Waals surface area contributed by atoms with Gasteiger partial charge in [0.05, 0.1) is 17.3 Å². The summed E-state index contributed by atoms with van der Waals surface area (Å²) in [4.78, 5) is 18.1. The van der Waals surface area contributed by atoms with E-state index >= 15 is 4.39 Å². The maximum Gasteiger partial charge on any atom is 0.319 e. The minimum atomic E-state index is -0.860. The minimum absolute atomic E-state index is 0.0594. The number of phenols is 1. The number of pyridine rings is 1. The molecular formula is C37H35F3N6O2. The van der Waals surface area contributed by atoms with Crippen LogP contribution in [-0.4, -0.2) is 76.9 Å². The van der Waals surface area contributed by atoms with Crippen molar-refractivity contribution in [3.8, 4) is 47.7 Å². The van der Waals surface area contributed by atoms with E-state index in [2.05, 4.69) is 36.9 Å². The van der Waals surface area contributed by atoms with Gasteiger partial charge in [-0.25, -0.2) is 18.2 Å². The Balaban J connectivity index is 1.44. The van der Waals surface area contributed by atoms with E-state index in [9.17, 15) is 13.9 Å². The van der Waals surface area contributed by atoms with Crippen LogP contribution in [0.25, 0.3) is 32.9 Å². The number of anilines is 1. The molecule has 4 aromatic rings. The number of nitrogens with zero attached hydrogens (tertiary/aromatic N) is 5. The Morgan fingerprint density at radius 1 is 1.10 bits per heavy atom. The second-order valence-corrected chi connectivity index (χ2v) is 13.1. The van der Waals surface area contributed by atoms with Crippen molar-refractivity contribution in [2.24, 2.45) is 5.41 Å². The highest BCUT2D eigenvalue weighted by molar-refractivity contribution is 6.04. The summed E-state index contributed by atoms with van der Waals surface area (Å²) < 4.78 is 52.5. The van der Waals surface area contributed by atoms with E-state index in [-0.39, 0.29) is 69.3 Å². The molecule has 0 saturated carbocycles. The number of piperazine rings is 1. The predicted molar refractivity (Wildman–Crippen MR) is 179 cm³/mol. The van der Waals surface area contributed by atoms with Gasteiger partial charge in [-0.3, -0.25) is 0 Å². The van der Waals surface area contributed by atoms with Gasteiger partial charge in [0.2, 0.25) is 0 Å². The number of phenolic OH excluding ortho intramolecular Hbond substituents is 1. The summed E-state index contributed by atoms with van der Waals surface area (Å²) in [5, 5.41) is 15.1. The van der Waals surface area contributed by atoms with Crippen molar-refractivity contribution < 1.29 is 23.0 Å². The number of ether oxygens (including phenoxy) is 1. The van der Waals surface area contributed by atoms with Crippen molar-refractivity contribution in [3.05, 3.63) is 59.1 Å². The zero-order valence-corrected chi connectivity index (χ0v) is 26.8. The Morgan fingerprint density at radius 3 is 2.56 bits per heavy atom. The lowest BCUT2D eigenvalue weighted by Crippen LogP contribution is -2.51. The molecule has 0 amide bonds. The van der Waals surface area contributed by atoms with Crippen LogP contribution in [0.5, 0.6) is 11.8 Å². The third-order valence-electron chi connectivity index (χ3n) is 10.2. The number of hydrogen-bond acceptors (Lipinski definition) is 8. The first-order valence-corrected chi connectivity index (χ1v) is 16.1. The Labute approximate surface area is 277 Å². The molecule has 246 valence electrons. The molecule has 2 aromatic carbocycles. The highest BCUT2D eigenvalue weighted by Gasteiger charge is 2.39. The van der Waals surface area contributed by atoms with Gasteiger partial charge in [0.15, 0.2) is 5.82 Å². The maximum absolute atomic E-state index is 17.1. The van der Waals surface area contributed by atoms with Crippen molar-refractivity contribution in [3.63, 3.8) is 0 Å². The van der Waals surface area contributed by atoms with E-state index in [4.69, 9.17) is 22.6 Å². The fourth-order valence-corrected chi connectivity index (χ4v) is 7.66. The van der Waals surface area contributed by atoms with Crippen molar-refractivity contribution >= 4 is 27.5 Å². The second kappa shape index (κ2) is 12.3. The second-order valence-electron chi connectivity index (χ2n) is 13.1. The molecule has 8 nitrogen and oxygen atoms in total. The van der Waals surface area contributed by atoms with Gasteiger partial charge >= 0.3 is 6.01 Å². The van der Waals surface area contributed by atoms with Crippen LogP contribution in [0.3, 0.4) is 0 Å². The standard InChI is InChI=1S/C37H35F3N6O2/c1-5-26-28(39)11-8-21-14-25(47)15-27(30(21)26)33-32(40)34-31(29(6-2)42-33)35(46-17-23-9-10-24(18-46)41-23)44-36(43-34)48-20-37(7-3)19-45(4)13-12-22(37)16-38/h1-2,8,11,14-16,23-24,41,47H,7,9-10,12-13,17-20H2,3-4H3/b22-16+/t23-,24+,37-/m0/s1. The molecule has 11 heteroatoms. The summed E-state index contributed by atoms with van der Waals surface area (Å²) in [5.41, 5.74) is -0.334. The molecule has 3 atom stereocenters. The zero-order valence-electron chi connectivity index (χ0n) is 26.8.